The Balaban J connectivity index is 1.29. The van der Waals surface area contributed by atoms with Gasteiger partial charge in [0.15, 0.2) is 17.4 Å². The number of carbonyl (C=O) groups is 1. The van der Waals surface area contributed by atoms with Gasteiger partial charge in [-0.25, -0.2) is 8.78 Å². The van der Waals surface area contributed by atoms with Crippen molar-refractivity contribution in [2.75, 3.05) is 33.9 Å². The van der Waals surface area contributed by atoms with Crippen LogP contribution in [-0.2, 0) is 6.54 Å². The van der Waals surface area contributed by atoms with Crippen LogP contribution in [0.15, 0.2) is 60.2 Å². The Morgan fingerprint density at radius 2 is 1.69 bits per heavy atom. The molecule has 6 aliphatic carbocycles. The highest BCUT2D eigenvalue weighted by atomic mass is 19.2. The Morgan fingerprint density at radius 3 is 2.39 bits per heavy atom. The zero-order valence-electron chi connectivity index (χ0n) is 30.0. The number of Topliss-reactive ketones (excluding diaryl/α,β-unsaturated/α-hetero) is 1. The number of aliphatic hydroxyl groups excluding tert-OH is 3. The van der Waals surface area contributed by atoms with Crippen molar-refractivity contribution in [1.29, 1.82) is 0 Å². The van der Waals surface area contributed by atoms with Gasteiger partial charge in [0.25, 0.3) is 0 Å². The van der Waals surface area contributed by atoms with Crippen molar-refractivity contribution in [3.63, 3.8) is 0 Å². The third-order valence-electron chi connectivity index (χ3n) is 14.2. The fourth-order valence-electron chi connectivity index (χ4n) is 11.5. The quantitative estimate of drug-likeness (QED) is 0.176. The molecule has 2 aromatic rings. The Bertz CT molecular complexity index is 1760. The number of benzene rings is 2. The molecule has 2 bridgehead atoms. The highest BCUT2D eigenvalue weighted by Crippen LogP contribution is 2.78. The summed E-state index contributed by atoms with van der Waals surface area (Å²) < 4.78 is 39.7. The SMILES string of the molecule is COc1ccc(CN(C[C@H](O)CO)C[C@]2(O)CC[C@H]3[C@]45C=C[C@@]6(C=C4C(=O)c4ccc(F)c(F)c4)CC(O)CC[C@]6(C)[C@H]5CC[C@@]32C)c(OC)c1. The average molecular weight is 708 g/mol. The topological polar surface area (TPSA) is 120 Å². The summed E-state index contributed by atoms with van der Waals surface area (Å²) in [5, 5.41) is 44.4. The lowest BCUT2D eigenvalue weighted by atomic mass is 9.32. The second-order valence-corrected chi connectivity index (χ2v) is 16.5. The van der Waals surface area contributed by atoms with Crippen LogP contribution in [0.2, 0.25) is 0 Å². The van der Waals surface area contributed by atoms with E-state index in [4.69, 9.17) is 9.47 Å². The van der Waals surface area contributed by atoms with Crippen molar-refractivity contribution in [3.05, 3.63) is 83.0 Å². The summed E-state index contributed by atoms with van der Waals surface area (Å²) in [6.45, 7) is 4.65. The minimum absolute atomic E-state index is 0.0352. The van der Waals surface area contributed by atoms with E-state index in [-0.39, 0.29) is 41.7 Å². The fourth-order valence-corrected chi connectivity index (χ4v) is 11.5. The lowest BCUT2D eigenvalue weighted by Crippen LogP contribution is -2.67. The van der Waals surface area contributed by atoms with Crippen LogP contribution < -0.4 is 9.47 Å². The summed E-state index contributed by atoms with van der Waals surface area (Å²) in [5.41, 5.74) is -2.00. The number of halogens is 2. The Kier molecular flexibility index (Phi) is 9.06. The van der Waals surface area contributed by atoms with E-state index in [9.17, 15) is 34.0 Å². The van der Waals surface area contributed by atoms with Crippen molar-refractivity contribution in [2.24, 2.45) is 33.5 Å². The normalized spacial score (nSPS) is 37.0. The molecule has 8 rings (SSSR count). The van der Waals surface area contributed by atoms with Crippen LogP contribution >= 0.6 is 0 Å². The van der Waals surface area contributed by atoms with E-state index in [2.05, 4.69) is 32.1 Å². The molecule has 2 spiro atoms. The fraction of sp³-hybridized carbons (Fsp3) is 0.585. The van der Waals surface area contributed by atoms with E-state index < -0.39 is 52.3 Å². The van der Waals surface area contributed by atoms with E-state index >= 15 is 0 Å². The summed E-state index contributed by atoms with van der Waals surface area (Å²) in [5.74, 6) is -1.32. The second-order valence-electron chi connectivity index (χ2n) is 16.5. The Labute approximate surface area is 298 Å². The molecule has 276 valence electrons. The number of hydrogen-bond acceptors (Lipinski definition) is 8. The maximum absolute atomic E-state index is 14.7. The largest absolute Gasteiger partial charge is 0.497 e. The monoisotopic (exact) mass is 707 g/mol. The van der Waals surface area contributed by atoms with Crippen molar-refractivity contribution in [3.8, 4) is 11.5 Å². The van der Waals surface area contributed by atoms with Crippen LogP contribution in [0, 0.1) is 45.1 Å². The number of methoxy groups -OCH3 is 2. The lowest BCUT2D eigenvalue weighted by Gasteiger charge is -2.71. The van der Waals surface area contributed by atoms with Crippen molar-refractivity contribution >= 4 is 5.78 Å². The smallest absolute Gasteiger partial charge is 0.189 e. The lowest BCUT2D eigenvalue weighted by molar-refractivity contribution is -0.177. The molecule has 0 amide bonds. The predicted octanol–water partition coefficient (Wildman–Crippen LogP) is 5.61. The standard InChI is InChI=1S/C41H51F2NO7/c1-37-12-9-27(46)19-39(37)15-16-41(30(20-39)36(48)25-6-8-31(42)32(43)17-25)34(37)10-13-38(2)35(41)11-14-40(38,49)24-44(22-28(47)23-45)21-26-5-7-29(50-3)18-33(26)51-4/h5-8,15-18,20,27-28,34-35,45-47,49H,9-14,19,21-24H2,1-4H3/t27?,28-,34+,35+,37+,38-,39-,40+,41+/m0/s1. The van der Waals surface area contributed by atoms with E-state index in [1.807, 2.05) is 17.0 Å². The van der Waals surface area contributed by atoms with Crippen LogP contribution in [0.4, 0.5) is 8.78 Å². The van der Waals surface area contributed by atoms with Gasteiger partial charge in [0.1, 0.15) is 11.5 Å². The first-order valence-corrected chi connectivity index (χ1v) is 18.3. The third kappa shape index (κ3) is 5.34. The number of ketones is 1. The second kappa shape index (κ2) is 12.8. The van der Waals surface area contributed by atoms with Gasteiger partial charge in [-0.1, -0.05) is 38.1 Å². The molecule has 3 saturated carbocycles. The molecule has 6 aliphatic rings. The summed E-state index contributed by atoms with van der Waals surface area (Å²) in [6.07, 6.45) is 9.38. The molecular weight excluding hydrogens is 656 g/mol. The highest BCUT2D eigenvalue weighted by Gasteiger charge is 2.74. The first-order valence-electron chi connectivity index (χ1n) is 18.3. The molecule has 0 aliphatic heterocycles. The molecule has 8 nitrogen and oxygen atoms in total. The van der Waals surface area contributed by atoms with Gasteiger partial charge in [0, 0.05) is 58.6 Å². The molecule has 3 fully saturated rings. The van der Waals surface area contributed by atoms with Gasteiger partial charge >= 0.3 is 0 Å². The van der Waals surface area contributed by atoms with E-state index in [1.54, 1.807) is 20.3 Å². The molecule has 0 aromatic heterocycles. The Morgan fingerprint density at radius 1 is 0.961 bits per heavy atom. The molecule has 0 saturated heterocycles. The number of aliphatic hydroxyl groups is 4. The van der Waals surface area contributed by atoms with Crippen LogP contribution in [0.5, 0.6) is 11.5 Å². The summed E-state index contributed by atoms with van der Waals surface area (Å²) >= 11 is 0. The molecule has 10 heteroatoms. The van der Waals surface area contributed by atoms with Crippen LogP contribution in [0.3, 0.4) is 0 Å². The van der Waals surface area contributed by atoms with Crippen LogP contribution in [0.1, 0.15) is 74.7 Å². The third-order valence-corrected chi connectivity index (χ3v) is 14.2. The first kappa shape index (κ1) is 36.2. The van der Waals surface area contributed by atoms with E-state index in [0.29, 0.717) is 55.7 Å². The van der Waals surface area contributed by atoms with E-state index in [1.165, 1.54) is 6.07 Å². The van der Waals surface area contributed by atoms with Gasteiger partial charge in [-0.2, -0.15) is 0 Å². The molecular formula is C41H51F2NO7. The molecule has 2 aromatic carbocycles. The molecule has 51 heavy (non-hydrogen) atoms. The zero-order chi connectivity index (χ0) is 36.6. The molecule has 0 heterocycles. The average Bonchev–Trinajstić information content (AvgIpc) is 3.38. The first-order chi connectivity index (χ1) is 24.2. The molecule has 1 unspecified atom stereocenters. The number of rotatable bonds is 11. The maximum atomic E-state index is 14.7. The molecule has 4 N–H and O–H groups in total. The predicted molar refractivity (Wildman–Crippen MR) is 187 cm³/mol. The number of fused-ring (bicyclic) bond motifs is 1. The number of nitrogens with zero attached hydrogens (tertiary/aromatic N) is 1. The summed E-state index contributed by atoms with van der Waals surface area (Å²) in [6, 6.07) is 8.84. The van der Waals surface area contributed by atoms with Crippen molar-refractivity contribution in [1.82, 2.24) is 4.90 Å². The van der Waals surface area contributed by atoms with Gasteiger partial charge in [-0.15, -0.1) is 0 Å². The van der Waals surface area contributed by atoms with E-state index in [0.717, 1.165) is 30.5 Å². The van der Waals surface area contributed by atoms with Gasteiger partial charge in [-0.05, 0) is 86.5 Å². The van der Waals surface area contributed by atoms with Gasteiger partial charge in [0.2, 0.25) is 0 Å². The van der Waals surface area contributed by atoms with Crippen molar-refractivity contribution < 1.29 is 43.5 Å². The number of ether oxygens (including phenoxy) is 2. The van der Waals surface area contributed by atoms with Crippen LogP contribution in [0.25, 0.3) is 0 Å². The highest BCUT2D eigenvalue weighted by molar-refractivity contribution is 6.10. The minimum atomic E-state index is -1.23. The zero-order valence-corrected chi connectivity index (χ0v) is 30.0. The Hall–Kier alpha value is -3.15. The van der Waals surface area contributed by atoms with Crippen molar-refractivity contribution in [2.45, 2.75) is 83.1 Å². The maximum Gasteiger partial charge on any atom is 0.189 e. The van der Waals surface area contributed by atoms with Gasteiger partial charge < -0.3 is 29.9 Å². The number of allylic oxidation sites excluding steroid dienone is 4. The van der Waals surface area contributed by atoms with Gasteiger partial charge in [-0.3, -0.25) is 9.69 Å². The molecule has 9 atom stereocenters. The van der Waals surface area contributed by atoms with Crippen LogP contribution in [-0.4, -0.2) is 82.8 Å². The minimum Gasteiger partial charge on any atom is -0.497 e. The summed E-state index contributed by atoms with van der Waals surface area (Å²) in [7, 11) is 3.16. The summed E-state index contributed by atoms with van der Waals surface area (Å²) in [4.78, 5) is 16.6. The number of hydrogen-bond donors (Lipinski definition) is 4. The van der Waals surface area contributed by atoms with Gasteiger partial charge in [0.05, 0.1) is 38.6 Å². The molecule has 0 radical (unpaired) electrons. The number of carbonyl (C=O) groups excluding carboxylic acids is 1.